The maximum absolute atomic E-state index is 12.8. The molecule has 0 aliphatic carbocycles. The fourth-order valence-electron chi connectivity index (χ4n) is 8.64. The molecule has 440 valence electrons. The molecule has 0 saturated carbocycles. The molecule has 2 unspecified atom stereocenters. The Balaban J connectivity index is 4.07. The lowest BCUT2D eigenvalue weighted by molar-refractivity contribution is -0.870. The number of hydrogen-bond acceptors (Lipinski definition) is 8. The van der Waals surface area contributed by atoms with Crippen molar-refractivity contribution in [1.29, 1.82) is 0 Å². The first-order chi connectivity index (χ1) is 37.0. The van der Waals surface area contributed by atoms with Gasteiger partial charge in [-0.2, -0.15) is 0 Å². The Morgan fingerprint density at radius 3 is 1.12 bits per heavy atom. The molecule has 0 saturated heterocycles. The third-order valence-electron chi connectivity index (χ3n) is 13.4. The van der Waals surface area contributed by atoms with Crippen LogP contribution in [0.2, 0.25) is 0 Å². The van der Waals surface area contributed by atoms with Crippen LogP contribution in [0.3, 0.4) is 0 Å². The number of nitrogens with zero attached hydrogens (tertiary/aromatic N) is 1. The van der Waals surface area contributed by atoms with E-state index in [9.17, 15) is 19.0 Å². The second kappa shape index (κ2) is 56.9. The summed E-state index contributed by atoms with van der Waals surface area (Å²) < 4.78 is 34.2. The van der Waals surface area contributed by atoms with Gasteiger partial charge in [0.15, 0.2) is 6.10 Å². The van der Waals surface area contributed by atoms with Gasteiger partial charge in [0.2, 0.25) is 0 Å². The number of quaternary nitrogens is 1. The van der Waals surface area contributed by atoms with Crippen LogP contribution in [0.15, 0.2) is 85.1 Å². The van der Waals surface area contributed by atoms with Crippen molar-refractivity contribution in [1.82, 2.24) is 0 Å². The molecule has 0 amide bonds. The molecule has 0 aliphatic rings. The SMILES string of the molecule is CC/C=C\C/C=C\C/C=C\C/C=C\C/C=C\C/C=C\C/C=C\CCCCCCCCCCCCCCCC(=O)OC(COC(=O)CCCCCCCCCCCCCCCCCCC)COP(=O)([O-])OCC[N+](C)(C)C. The molecule has 0 rings (SSSR count). The van der Waals surface area contributed by atoms with Crippen LogP contribution in [0.5, 0.6) is 0 Å². The van der Waals surface area contributed by atoms with Gasteiger partial charge in [0.25, 0.3) is 7.82 Å². The number of allylic oxidation sites excluding steroid dienone is 14. The predicted molar refractivity (Wildman–Crippen MR) is 323 cm³/mol. The van der Waals surface area contributed by atoms with Crippen molar-refractivity contribution in [3.8, 4) is 0 Å². The van der Waals surface area contributed by atoms with Gasteiger partial charge in [-0.3, -0.25) is 14.2 Å². The molecule has 2 atom stereocenters. The van der Waals surface area contributed by atoms with E-state index in [1.165, 1.54) is 154 Å². The quantitative estimate of drug-likeness (QED) is 0.0195. The van der Waals surface area contributed by atoms with Crippen molar-refractivity contribution >= 4 is 19.8 Å². The highest BCUT2D eigenvalue weighted by molar-refractivity contribution is 7.45. The summed E-state index contributed by atoms with van der Waals surface area (Å²) in [6.45, 7) is 4.15. The van der Waals surface area contributed by atoms with Crippen LogP contribution in [0.1, 0.15) is 271 Å². The van der Waals surface area contributed by atoms with Crippen molar-refractivity contribution in [2.75, 3.05) is 47.5 Å². The number of unbranched alkanes of at least 4 members (excludes halogenated alkanes) is 29. The van der Waals surface area contributed by atoms with Crippen LogP contribution in [0.4, 0.5) is 0 Å². The van der Waals surface area contributed by atoms with Gasteiger partial charge in [-0.1, -0.05) is 272 Å². The van der Waals surface area contributed by atoms with E-state index in [1.807, 2.05) is 21.1 Å². The first kappa shape index (κ1) is 73.2. The van der Waals surface area contributed by atoms with Crippen molar-refractivity contribution in [3.63, 3.8) is 0 Å². The number of hydrogen-bond donors (Lipinski definition) is 0. The van der Waals surface area contributed by atoms with Crippen LogP contribution < -0.4 is 4.89 Å². The van der Waals surface area contributed by atoms with Gasteiger partial charge in [-0.15, -0.1) is 0 Å². The second-order valence-electron chi connectivity index (χ2n) is 22.0. The van der Waals surface area contributed by atoms with Crippen molar-refractivity contribution in [2.24, 2.45) is 0 Å². The summed E-state index contributed by atoms with van der Waals surface area (Å²) in [6, 6.07) is 0. The maximum atomic E-state index is 12.8. The molecule has 0 radical (unpaired) electrons. The van der Waals surface area contributed by atoms with Gasteiger partial charge >= 0.3 is 11.9 Å². The Morgan fingerprint density at radius 1 is 0.421 bits per heavy atom. The molecule has 0 aromatic rings. The van der Waals surface area contributed by atoms with E-state index in [0.29, 0.717) is 17.4 Å². The van der Waals surface area contributed by atoms with Gasteiger partial charge < -0.3 is 27.9 Å². The number of rotatable bonds is 57. The lowest BCUT2D eigenvalue weighted by Gasteiger charge is -2.28. The Labute approximate surface area is 469 Å². The molecule has 0 fully saturated rings. The fraction of sp³-hybridized carbons (Fsp3) is 0.758. The molecule has 0 aliphatic heterocycles. The molecule has 0 aromatic heterocycles. The normalized spacial score (nSPS) is 13.8. The van der Waals surface area contributed by atoms with E-state index >= 15 is 0 Å². The highest BCUT2D eigenvalue weighted by atomic mass is 31.2. The Kier molecular flexibility index (Phi) is 54.8. The summed E-state index contributed by atoms with van der Waals surface area (Å²) in [7, 11) is 1.17. The first-order valence-electron chi connectivity index (χ1n) is 31.3. The molecule has 9 nitrogen and oxygen atoms in total. The van der Waals surface area contributed by atoms with Gasteiger partial charge in [-0.05, 0) is 70.6 Å². The van der Waals surface area contributed by atoms with E-state index in [0.717, 1.165) is 83.5 Å². The van der Waals surface area contributed by atoms with Crippen molar-refractivity contribution < 1.29 is 42.1 Å². The van der Waals surface area contributed by atoms with E-state index in [-0.39, 0.29) is 32.0 Å². The Bertz CT molecular complexity index is 1560. The zero-order chi connectivity index (χ0) is 55.6. The summed E-state index contributed by atoms with van der Waals surface area (Å²) in [5.41, 5.74) is 0. The summed E-state index contributed by atoms with van der Waals surface area (Å²) >= 11 is 0. The standard InChI is InChI=1S/C66H118NO8P/c1-6-8-10-12-14-16-18-20-22-24-25-26-27-28-29-30-31-32-33-34-35-36-37-38-39-40-41-43-45-47-49-51-53-55-57-59-66(69)75-64(63-74-76(70,71)73-61-60-67(3,4)5)62-72-65(68)58-56-54-52-50-48-46-44-42-23-21-19-17-15-13-11-9-7-2/h8,10,14,16,20,22,25-26,28-29,31-32,34-35,64H,6-7,9,11-13,15,17-19,21,23-24,27,30,33,36-63H2,1-5H3/b10-8-,16-14-,22-20-,26-25-,29-28-,32-31-,35-34-. The van der Waals surface area contributed by atoms with Gasteiger partial charge in [0.1, 0.15) is 19.8 Å². The smallest absolute Gasteiger partial charge is 0.306 e. The summed E-state index contributed by atoms with van der Waals surface area (Å²) in [5.74, 6) is -0.826. The summed E-state index contributed by atoms with van der Waals surface area (Å²) in [5, 5.41) is 0. The van der Waals surface area contributed by atoms with Gasteiger partial charge in [-0.25, -0.2) is 0 Å². The van der Waals surface area contributed by atoms with E-state index in [1.54, 1.807) is 0 Å². The average Bonchev–Trinajstić information content (AvgIpc) is 3.38. The summed E-state index contributed by atoms with van der Waals surface area (Å²) in [6.07, 6.45) is 76.4. The van der Waals surface area contributed by atoms with Crippen molar-refractivity contribution in [2.45, 2.75) is 277 Å². The van der Waals surface area contributed by atoms with Gasteiger partial charge in [0.05, 0.1) is 27.7 Å². The van der Waals surface area contributed by atoms with Crippen molar-refractivity contribution in [3.05, 3.63) is 85.1 Å². The minimum atomic E-state index is -4.64. The minimum Gasteiger partial charge on any atom is -0.756 e. The molecule has 0 heterocycles. The van der Waals surface area contributed by atoms with E-state index < -0.39 is 26.5 Å². The number of phosphoric ester groups is 1. The first-order valence-corrected chi connectivity index (χ1v) is 32.8. The molecule has 0 spiro atoms. The minimum absolute atomic E-state index is 0.0319. The second-order valence-corrected chi connectivity index (χ2v) is 23.5. The van der Waals surface area contributed by atoms with E-state index in [2.05, 4.69) is 98.9 Å². The lowest BCUT2D eigenvalue weighted by atomic mass is 10.0. The third-order valence-corrected chi connectivity index (χ3v) is 14.4. The number of likely N-dealkylation sites (N-methyl/N-ethyl adjacent to an activating group) is 1. The molecular formula is C66H118NO8P. The van der Waals surface area contributed by atoms with E-state index in [4.69, 9.17) is 18.5 Å². The lowest BCUT2D eigenvalue weighted by Crippen LogP contribution is -2.37. The highest BCUT2D eigenvalue weighted by Gasteiger charge is 2.22. The number of esters is 2. The zero-order valence-corrected chi connectivity index (χ0v) is 50.8. The van der Waals surface area contributed by atoms with Crippen LogP contribution in [-0.2, 0) is 32.7 Å². The van der Waals surface area contributed by atoms with Crippen LogP contribution in [0.25, 0.3) is 0 Å². The third kappa shape index (κ3) is 60.4. The number of carbonyl (C=O) groups is 2. The largest absolute Gasteiger partial charge is 0.756 e. The molecule has 76 heavy (non-hydrogen) atoms. The van der Waals surface area contributed by atoms with Crippen LogP contribution in [-0.4, -0.2) is 70.0 Å². The molecule has 10 heteroatoms. The molecular weight excluding hydrogens is 966 g/mol. The number of phosphoric acid groups is 1. The highest BCUT2D eigenvalue weighted by Crippen LogP contribution is 2.38. The molecule has 0 bridgehead atoms. The zero-order valence-electron chi connectivity index (χ0n) is 49.9. The topological polar surface area (TPSA) is 111 Å². The maximum Gasteiger partial charge on any atom is 0.306 e. The van der Waals surface area contributed by atoms with Crippen LogP contribution >= 0.6 is 7.82 Å². The van der Waals surface area contributed by atoms with Crippen LogP contribution in [0, 0.1) is 0 Å². The number of ether oxygens (including phenoxy) is 2. The average molecular weight is 1080 g/mol. The summed E-state index contributed by atoms with van der Waals surface area (Å²) in [4.78, 5) is 37.9. The monoisotopic (exact) mass is 1080 g/mol. The fourth-order valence-corrected chi connectivity index (χ4v) is 9.37. The molecule has 0 aromatic carbocycles. The Morgan fingerprint density at radius 2 is 0.750 bits per heavy atom. The number of carbonyl (C=O) groups excluding carboxylic acids is 2. The Hall–Kier alpha value is -2.81. The van der Waals surface area contributed by atoms with Gasteiger partial charge in [0, 0.05) is 12.8 Å². The predicted octanol–water partition coefficient (Wildman–Crippen LogP) is 19.2. The molecule has 0 N–H and O–H groups in total.